The molecule has 12 heteroatoms. The van der Waals surface area contributed by atoms with Gasteiger partial charge in [-0.1, -0.05) is 35.3 Å². The van der Waals surface area contributed by atoms with Crippen LogP contribution in [0.2, 0.25) is 10.0 Å². The number of anilines is 3. The lowest BCUT2D eigenvalue weighted by Crippen LogP contribution is -2.37. The van der Waals surface area contributed by atoms with Gasteiger partial charge in [-0.3, -0.25) is 19.5 Å². The summed E-state index contributed by atoms with van der Waals surface area (Å²) in [6.45, 7) is 2.04. The second-order valence-electron chi connectivity index (χ2n) is 9.30. The quantitative estimate of drug-likeness (QED) is 0.288. The van der Waals surface area contributed by atoms with Crippen LogP contribution in [-0.4, -0.2) is 72.6 Å². The second kappa shape index (κ2) is 12.8. The molecule has 2 heterocycles. The van der Waals surface area contributed by atoms with Crippen LogP contribution in [0.3, 0.4) is 0 Å². The Bertz CT molecular complexity index is 1350. The Hall–Kier alpha value is -3.86. The number of nitrogens with zero attached hydrogens (tertiary/aromatic N) is 3. The number of carbonyl (C=O) groups is 3. The van der Waals surface area contributed by atoms with E-state index in [4.69, 9.17) is 23.2 Å². The Balaban J connectivity index is 1.31. The first kappa shape index (κ1) is 28.2. The Kier molecular flexibility index (Phi) is 9.23. The van der Waals surface area contributed by atoms with Gasteiger partial charge in [-0.25, -0.2) is 0 Å². The van der Waals surface area contributed by atoms with Gasteiger partial charge in [0.05, 0.1) is 21.3 Å². The molecule has 39 heavy (non-hydrogen) atoms. The predicted octanol–water partition coefficient (Wildman–Crippen LogP) is 4.03. The summed E-state index contributed by atoms with van der Waals surface area (Å²) < 4.78 is 0. The van der Waals surface area contributed by atoms with E-state index in [1.807, 2.05) is 43.3 Å². The average molecular weight is 570 g/mol. The highest BCUT2D eigenvalue weighted by atomic mass is 35.5. The molecular weight excluding hydrogens is 541 g/mol. The largest absolute Gasteiger partial charge is 0.369 e. The number of carbonyl (C=O) groups excluding carboxylic acids is 3. The van der Waals surface area contributed by atoms with Crippen LogP contribution in [0.5, 0.6) is 0 Å². The molecule has 0 radical (unpaired) electrons. The van der Waals surface area contributed by atoms with Gasteiger partial charge in [0.15, 0.2) is 5.69 Å². The number of benzene rings is 2. The minimum Gasteiger partial charge on any atom is -0.369 e. The standard InChI is InChI=1S/C27H29Cl2N7O3/c1-35(2)13-4-7-23(37)31-17-8-10-19(11-9-17)36-14-12-18(16-36)32-27(39)25-22(15-30-34-25)33-26(38)24-20(28)5-3-6-21(24)29/h3-11,15,18H,12-14,16H2,1-2H3,(H,30,34)(H,31,37)(H,32,39)(H,33,38)/b7-4+/t18-/m1/s1. The van der Waals surface area contributed by atoms with Crippen molar-refractivity contribution in [3.8, 4) is 0 Å². The fourth-order valence-electron chi connectivity index (χ4n) is 4.13. The van der Waals surface area contributed by atoms with Gasteiger partial charge in [-0.15, -0.1) is 0 Å². The molecule has 0 bridgehead atoms. The number of halogens is 2. The lowest BCUT2D eigenvalue weighted by atomic mass is 10.2. The van der Waals surface area contributed by atoms with Gasteiger partial charge in [0, 0.05) is 49.3 Å². The minimum absolute atomic E-state index is 0.0599. The lowest BCUT2D eigenvalue weighted by molar-refractivity contribution is -0.111. The number of aromatic nitrogens is 2. The molecule has 1 fully saturated rings. The molecule has 0 saturated carbocycles. The first-order valence-corrected chi connectivity index (χ1v) is 13.0. The van der Waals surface area contributed by atoms with Crippen molar-refractivity contribution in [2.24, 2.45) is 0 Å². The van der Waals surface area contributed by atoms with Crippen LogP contribution in [0.4, 0.5) is 17.1 Å². The maximum Gasteiger partial charge on any atom is 0.274 e. The van der Waals surface area contributed by atoms with Gasteiger partial charge in [0.25, 0.3) is 11.8 Å². The monoisotopic (exact) mass is 569 g/mol. The smallest absolute Gasteiger partial charge is 0.274 e. The van der Waals surface area contributed by atoms with Crippen LogP contribution >= 0.6 is 23.2 Å². The van der Waals surface area contributed by atoms with Crippen LogP contribution in [-0.2, 0) is 4.79 Å². The number of hydrogen-bond donors (Lipinski definition) is 4. The highest BCUT2D eigenvalue weighted by Crippen LogP contribution is 2.26. The normalized spacial score (nSPS) is 15.1. The fourth-order valence-corrected chi connectivity index (χ4v) is 4.70. The molecule has 1 atom stereocenters. The van der Waals surface area contributed by atoms with E-state index in [0.29, 0.717) is 18.8 Å². The van der Waals surface area contributed by atoms with Crippen LogP contribution in [0.1, 0.15) is 27.3 Å². The van der Waals surface area contributed by atoms with E-state index in [0.717, 1.165) is 18.7 Å². The van der Waals surface area contributed by atoms with Crippen molar-refractivity contribution in [2.75, 3.05) is 49.3 Å². The van der Waals surface area contributed by atoms with E-state index in [-0.39, 0.29) is 38.9 Å². The summed E-state index contributed by atoms with van der Waals surface area (Å²) in [5, 5.41) is 15.5. The van der Waals surface area contributed by atoms with Crippen LogP contribution in [0.25, 0.3) is 0 Å². The third-order valence-electron chi connectivity index (χ3n) is 6.06. The molecule has 204 valence electrons. The van der Waals surface area contributed by atoms with Crippen LogP contribution in [0.15, 0.2) is 60.8 Å². The molecule has 2 aromatic carbocycles. The highest BCUT2D eigenvalue weighted by Gasteiger charge is 2.27. The molecule has 3 aromatic rings. The minimum atomic E-state index is -0.544. The van der Waals surface area contributed by atoms with Crippen molar-refractivity contribution in [2.45, 2.75) is 12.5 Å². The van der Waals surface area contributed by atoms with Gasteiger partial charge in [-0.05, 0) is 56.9 Å². The van der Waals surface area contributed by atoms with E-state index < -0.39 is 11.8 Å². The molecule has 0 spiro atoms. The number of hydrogen-bond acceptors (Lipinski definition) is 6. The summed E-state index contributed by atoms with van der Waals surface area (Å²) in [5.74, 6) is -1.14. The average Bonchev–Trinajstić information content (AvgIpc) is 3.54. The molecule has 1 saturated heterocycles. The predicted molar refractivity (Wildman–Crippen MR) is 154 cm³/mol. The zero-order valence-corrected chi connectivity index (χ0v) is 23.0. The first-order chi connectivity index (χ1) is 18.7. The molecule has 1 aliphatic heterocycles. The van der Waals surface area contributed by atoms with E-state index >= 15 is 0 Å². The number of H-pyrrole nitrogens is 1. The summed E-state index contributed by atoms with van der Waals surface area (Å²) >= 11 is 12.3. The van der Waals surface area contributed by atoms with Crippen LogP contribution in [0, 0.1) is 0 Å². The van der Waals surface area contributed by atoms with Crippen molar-refractivity contribution in [1.29, 1.82) is 0 Å². The second-order valence-corrected chi connectivity index (χ2v) is 10.1. The van der Waals surface area contributed by atoms with Gasteiger partial charge in [-0.2, -0.15) is 5.10 Å². The van der Waals surface area contributed by atoms with E-state index in [9.17, 15) is 14.4 Å². The number of nitrogens with one attached hydrogen (secondary N) is 4. The third kappa shape index (κ3) is 7.38. The summed E-state index contributed by atoms with van der Waals surface area (Å²) in [6.07, 6.45) is 5.49. The Labute approximate surface area is 236 Å². The molecule has 0 aliphatic carbocycles. The summed E-state index contributed by atoms with van der Waals surface area (Å²) in [4.78, 5) is 41.9. The molecule has 10 nitrogen and oxygen atoms in total. The number of amides is 3. The van der Waals surface area contributed by atoms with E-state index in [2.05, 4.69) is 31.0 Å². The van der Waals surface area contributed by atoms with Gasteiger partial charge in [0.1, 0.15) is 0 Å². The SMILES string of the molecule is CN(C)C/C=C/C(=O)Nc1ccc(N2CC[C@@H](NC(=O)c3n[nH]cc3NC(=O)c3c(Cl)cccc3Cl)C2)cc1. The van der Waals surface area contributed by atoms with Gasteiger partial charge in [0.2, 0.25) is 5.91 Å². The number of likely N-dealkylation sites (N-methyl/N-ethyl adjacent to an activating group) is 1. The van der Waals surface area contributed by atoms with Crippen molar-refractivity contribution in [3.63, 3.8) is 0 Å². The molecule has 3 amide bonds. The van der Waals surface area contributed by atoms with Crippen molar-refractivity contribution >= 4 is 58.0 Å². The Morgan fingerprint density at radius 1 is 1.08 bits per heavy atom. The molecule has 4 rings (SSSR count). The molecule has 4 N–H and O–H groups in total. The maximum atomic E-state index is 13.0. The summed E-state index contributed by atoms with van der Waals surface area (Å²) in [6, 6.07) is 12.2. The number of rotatable bonds is 9. The van der Waals surface area contributed by atoms with E-state index in [1.165, 1.54) is 12.3 Å². The maximum absolute atomic E-state index is 13.0. The zero-order chi connectivity index (χ0) is 27.9. The zero-order valence-electron chi connectivity index (χ0n) is 21.5. The van der Waals surface area contributed by atoms with Gasteiger partial charge < -0.3 is 25.8 Å². The molecule has 0 unspecified atom stereocenters. The highest BCUT2D eigenvalue weighted by molar-refractivity contribution is 6.40. The lowest BCUT2D eigenvalue weighted by Gasteiger charge is -2.19. The van der Waals surface area contributed by atoms with E-state index in [1.54, 1.807) is 24.3 Å². The van der Waals surface area contributed by atoms with Crippen LogP contribution < -0.4 is 20.9 Å². The summed E-state index contributed by atoms with van der Waals surface area (Å²) in [5.41, 5.74) is 2.08. The summed E-state index contributed by atoms with van der Waals surface area (Å²) in [7, 11) is 3.87. The van der Waals surface area contributed by atoms with Gasteiger partial charge >= 0.3 is 0 Å². The topological polar surface area (TPSA) is 122 Å². The number of aromatic amines is 1. The Morgan fingerprint density at radius 3 is 2.49 bits per heavy atom. The Morgan fingerprint density at radius 2 is 1.79 bits per heavy atom. The molecule has 1 aliphatic rings. The molecular formula is C27H29Cl2N7O3. The van der Waals surface area contributed by atoms with Crippen molar-refractivity contribution in [1.82, 2.24) is 20.4 Å². The van der Waals surface area contributed by atoms with Crippen molar-refractivity contribution < 1.29 is 14.4 Å². The third-order valence-corrected chi connectivity index (χ3v) is 6.69. The van der Waals surface area contributed by atoms with Crippen molar-refractivity contribution in [3.05, 3.63) is 82.1 Å². The fraction of sp³-hybridized carbons (Fsp3) is 0.259. The molecule has 1 aromatic heterocycles. The first-order valence-electron chi connectivity index (χ1n) is 12.3.